The predicted octanol–water partition coefficient (Wildman–Crippen LogP) is 2.18. The maximum Gasteiger partial charge on any atom is 0.254 e. The van der Waals surface area contributed by atoms with E-state index in [0.717, 1.165) is 43.8 Å². The van der Waals surface area contributed by atoms with Crippen molar-refractivity contribution < 1.29 is 9.53 Å². The first-order valence-corrected chi connectivity index (χ1v) is 8.12. The molecule has 0 N–H and O–H groups in total. The van der Waals surface area contributed by atoms with Crippen molar-refractivity contribution in [1.82, 2.24) is 9.80 Å². The number of aryl methyl sites for hydroxylation is 1. The fourth-order valence-corrected chi connectivity index (χ4v) is 3.58. The Morgan fingerprint density at radius 1 is 1.41 bits per heavy atom. The Hall–Kier alpha value is -1.39. The average Bonchev–Trinajstić information content (AvgIpc) is 2.44. The molecule has 0 bridgehead atoms. The van der Waals surface area contributed by atoms with Crippen molar-refractivity contribution >= 4 is 5.91 Å². The molecule has 2 heterocycles. The maximum atomic E-state index is 12.5. The lowest BCUT2D eigenvalue weighted by atomic mass is 9.82. The van der Waals surface area contributed by atoms with E-state index in [1.807, 2.05) is 36.1 Å². The molecule has 1 spiro atoms. The van der Waals surface area contributed by atoms with Crippen LogP contribution in [0.15, 0.2) is 24.3 Å². The van der Waals surface area contributed by atoms with Gasteiger partial charge in [-0.2, -0.15) is 0 Å². The number of rotatable bonds is 3. The second kappa shape index (κ2) is 6.01. The van der Waals surface area contributed by atoms with Gasteiger partial charge in [0.25, 0.3) is 5.91 Å². The highest BCUT2D eigenvalue weighted by atomic mass is 16.5. The summed E-state index contributed by atoms with van der Waals surface area (Å²) in [6.45, 7) is 5.42. The summed E-state index contributed by atoms with van der Waals surface area (Å²) in [6.07, 6.45) is 2.27. The lowest BCUT2D eigenvalue weighted by Crippen LogP contribution is -2.66. The van der Waals surface area contributed by atoms with E-state index in [-0.39, 0.29) is 11.5 Å². The van der Waals surface area contributed by atoms with Gasteiger partial charge in [-0.05, 0) is 51.9 Å². The molecule has 1 amide bonds. The molecule has 2 aliphatic heterocycles. The zero-order valence-electron chi connectivity index (χ0n) is 13.8. The Bertz CT molecular complexity index is 540. The minimum absolute atomic E-state index is 0.0672. The topological polar surface area (TPSA) is 32.8 Å². The van der Waals surface area contributed by atoms with E-state index in [4.69, 9.17) is 4.74 Å². The lowest BCUT2D eigenvalue weighted by molar-refractivity contribution is -0.168. The normalized spacial score (nSPS) is 23.6. The van der Waals surface area contributed by atoms with Crippen LogP contribution < -0.4 is 0 Å². The molecule has 4 nitrogen and oxygen atoms in total. The fourth-order valence-electron chi connectivity index (χ4n) is 3.58. The van der Waals surface area contributed by atoms with Gasteiger partial charge in [0, 0.05) is 12.1 Å². The quantitative estimate of drug-likeness (QED) is 0.858. The van der Waals surface area contributed by atoms with Crippen LogP contribution in [0.5, 0.6) is 0 Å². The van der Waals surface area contributed by atoms with Crippen LogP contribution in [0.4, 0.5) is 0 Å². The summed E-state index contributed by atoms with van der Waals surface area (Å²) >= 11 is 0. The predicted molar refractivity (Wildman–Crippen MR) is 87.0 cm³/mol. The van der Waals surface area contributed by atoms with Gasteiger partial charge in [0.1, 0.15) is 5.60 Å². The SMILES string of the molecule is Cc1cccc(C(=O)N2CC3(CC[C@@H](CN(C)C)CO3)C2)c1. The molecule has 2 saturated heterocycles. The van der Waals surface area contributed by atoms with E-state index in [1.165, 1.54) is 6.42 Å². The van der Waals surface area contributed by atoms with Crippen LogP contribution in [0.3, 0.4) is 0 Å². The third-order valence-corrected chi connectivity index (χ3v) is 4.77. The summed E-state index contributed by atoms with van der Waals surface area (Å²) < 4.78 is 6.13. The maximum absolute atomic E-state index is 12.5. The summed E-state index contributed by atoms with van der Waals surface area (Å²) in [5.41, 5.74) is 1.85. The lowest BCUT2D eigenvalue weighted by Gasteiger charge is -2.53. The largest absolute Gasteiger partial charge is 0.371 e. The van der Waals surface area contributed by atoms with Crippen molar-refractivity contribution in [2.45, 2.75) is 25.4 Å². The van der Waals surface area contributed by atoms with Crippen molar-refractivity contribution in [2.75, 3.05) is 40.3 Å². The molecule has 2 fully saturated rings. The molecule has 4 heteroatoms. The number of nitrogens with zero attached hydrogens (tertiary/aromatic N) is 2. The standard InChI is InChI=1S/C18H26N2O2/c1-14-5-4-6-16(9-14)17(21)20-12-18(13-20)8-7-15(11-22-18)10-19(2)3/h4-6,9,15H,7-8,10-13H2,1-3H3/t15-/m0/s1. The molecule has 0 unspecified atom stereocenters. The first kappa shape index (κ1) is 15.5. The highest BCUT2D eigenvalue weighted by Gasteiger charge is 2.48. The van der Waals surface area contributed by atoms with Crippen LogP contribution in [0.2, 0.25) is 0 Å². The summed E-state index contributed by atoms with van der Waals surface area (Å²) in [5.74, 6) is 0.760. The smallest absolute Gasteiger partial charge is 0.254 e. The molecule has 3 rings (SSSR count). The van der Waals surface area contributed by atoms with Gasteiger partial charge < -0.3 is 14.5 Å². The van der Waals surface area contributed by atoms with Gasteiger partial charge in [0.2, 0.25) is 0 Å². The minimum atomic E-state index is -0.0672. The van der Waals surface area contributed by atoms with E-state index < -0.39 is 0 Å². The van der Waals surface area contributed by atoms with Gasteiger partial charge in [-0.3, -0.25) is 4.79 Å². The molecule has 1 aromatic rings. The highest BCUT2D eigenvalue weighted by molar-refractivity contribution is 5.95. The molecule has 120 valence electrons. The van der Waals surface area contributed by atoms with Crippen LogP contribution >= 0.6 is 0 Å². The fraction of sp³-hybridized carbons (Fsp3) is 0.611. The first-order valence-electron chi connectivity index (χ1n) is 8.12. The van der Waals surface area contributed by atoms with E-state index in [0.29, 0.717) is 5.92 Å². The number of carbonyl (C=O) groups is 1. The van der Waals surface area contributed by atoms with Gasteiger partial charge in [-0.15, -0.1) is 0 Å². The summed E-state index contributed by atoms with van der Waals surface area (Å²) in [4.78, 5) is 16.6. The van der Waals surface area contributed by atoms with Gasteiger partial charge in [0.15, 0.2) is 0 Å². The Balaban J connectivity index is 1.53. The number of ether oxygens (including phenoxy) is 1. The Kier molecular flexibility index (Phi) is 4.24. The molecular formula is C18H26N2O2. The summed E-state index contributed by atoms with van der Waals surface area (Å²) in [6, 6.07) is 7.82. The van der Waals surface area contributed by atoms with E-state index in [9.17, 15) is 4.79 Å². The average molecular weight is 302 g/mol. The third-order valence-electron chi connectivity index (χ3n) is 4.77. The number of hydrogen-bond donors (Lipinski definition) is 0. The first-order chi connectivity index (χ1) is 10.5. The molecule has 2 aliphatic rings. The number of amides is 1. The van der Waals surface area contributed by atoms with Gasteiger partial charge in [-0.25, -0.2) is 0 Å². The Morgan fingerprint density at radius 3 is 2.77 bits per heavy atom. The van der Waals surface area contributed by atoms with Crippen LogP contribution in [-0.2, 0) is 4.74 Å². The molecule has 0 saturated carbocycles. The third kappa shape index (κ3) is 3.18. The van der Waals surface area contributed by atoms with Crippen LogP contribution in [-0.4, -0.2) is 61.6 Å². The van der Waals surface area contributed by atoms with Gasteiger partial charge >= 0.3 is 0 Å². The van der Waals surface area contributed by atoms with Crippen molar-refractivity contribution in [3.8, 4) is 0 Å². The van der Waals surface area contributed by atoms with Crippen LogP contribution in [0.1, 0.15) is 28.8 Å². The van der Waals surface area contributed by atoms with Crippen LogP contribution in [0.25, 0.3) is 0 Å². The van der Waals surface area contributed by atoms with Crippen molar-refractivity contribution in [3.05, 3.63) is 35.4 Å². The molecule has 1 atom stereocenters. The molecule has 0 aromatic heterocycles. The van der Waals surface area contributed by atoms with Crippen molar-refractivity contribution in [2.24, 2.45) is 5.92 Å². The summed E-state index contributed by atoms with van der Waals surface area (Å²) in [5, 5.41) is 0. The Labute approximate surface area is 133 Å². The van der Waals surface area contributed by atoms with Gasteiger partial charge in [0.05, 0.1) is 19.7 Å². The second-order valence-corrected chi connectivity index (χ2v) is 7.19. The van der Waals surface area contributed by atoms with Crippen LogP contribution in [0, 0.1) is 12.8 Å². The molecule has 22 heavy (non-hydrogen) atoms. The summed E-state index contributed by atoms with van der Waals surface area (Å²) in [7, 11) is 4.21. The monoisotopic (exact) mass is 302 g/mol. The molecule has 1 aromatic carbocycles. The zero-order chi connectivity index (χ0) is 15.7. The van der Waals surface area contributed by atoms with E-state index in [1.54, 1.807) is 0 Å². The molecular weight excluding hydrogens is 276 g/mol. The number of hydrogen-bond acceptors (Lipinski definition) is 3. The zero-order valence-corrected chi connectivity index (χ0v) is 13.8. The highest BCUT2D eigenvalue weighted by Crippen LogP contribution is 2.36. The number of benzene rings is 1. The molecule has 0 radical (unpaired) electrons. The number of likely N-dealkylation sites (tertiary alicyclic amines) is 1. The molecule has 0 aliphatic carbocycles. The van der Waals surface area contributed by atoms with Crippen molar-refractivity contribution in [1.29, 1.82) is 0 Å². The minimum Gasteiger partial charge on any atom is -0.371 e. The Morgan fingerprint density at radius 2 is 2.18 bits per heavy atom. The van der Waals surface area contributed by atoms with Crippen molar-refractivity contribution in [3.63, 3.8) is 0 Å². The van der Waals surface area contributed by atoms with E-state index in [2.05, 4.69) is 19.0 Å². The second-order valence-electron chi connectivity index (χ2n) is 7.19. The number of carbonyl (C=O) groups excluding carboxylic acids is 1. The van der Waals surface area contributed by atoms with E-state index >= 15 is 0 Å². The van der Waals surface area contributed by atoms with Gasteiger partial charge in [-0.1, -0.05) is 17.7 Å².